The maximum atomic E-state index is 12.0. The largest absolute Gasteiger partial charge is 0.486 e. The zero-order valence-corrected chi connectivity index (χ0v) is 12.0. The van der Waals surface area contributed by atoms with Crippen molar-refractivity contribution < 1.29 is 24.2 Å². The molecule has 0 aromatic heterocycles. The van der Waals surface area contributed by atoms with Gasteiger partial charge in [-0.3, -0.25) is 9.59 Å². The van der Waals surface area contributed by atoms with Crippen LogP contribution in [0, 0.1) is 5.41 Å². The number of aliphatic hydroxyl groups excluding tert-OH is 1. The van der Waals surface area contributed by atoms with E-state index in [1.165, 1.54) is 13.8 Å². The van der Waals surface area contributed by atoms with Crippen molar-refractivity contribution in [2.24, 2.45) is 5.41 Å². The highest BCUT2D eigenvalue weighted by Crippen LogP contribution is 2.20. The van der Waals surface area contributed by atoms with Gasteiger partial charge in [0, 0.05) is 0 Å². The quantitative estimate of drug-likeness (QED) is 0.608. The minimum absolute atomic E-state index is 0.0465. The summed E-state index contributed by atoms with van der Waals surface area (Å²) in [5, 5.41) is 8.92. The molecule has 0 heterocycles. The van der Waals surface area contributed by atoms with Gasteiger partial charge in [0.2, 0.25) is 0 Å². The zero-order chi connectivity index (χ0) is 15.2. The topological polar surface area (TPSA) is 72.8 Å². The Bertz CT molecular complexity index is 462. The third-order valence-corrected chi connectivity index (χ3v) is 2.96. The second-order valence-electron chi connectivity index (χ2n) is 4.86. The highest BCUT2D eigenvalue weighted by Gasteiger charge is 2.37. The summed E-state index contributed by atoms with van der Waals surface area (Å²) in [5.41, 5.74) is -0.461. The van der Waals surface area contributed by atoms with Crippen molar-refractivity contribution >= 4 is 11.8 Å². The van der Waals surface area contributed by atoms with Crippen LogP contribution < -0.4 is 4.74 Å². The average molecular weight is 280 g/mol. The molecule has 0 fully saturated rings. The van der Waals surface area contributed by atoms with Gasteiger partial charge in [0.25, 0.3) is 0 Å². The predicted molar refractivity (Wildman–Crippen MR) is 73.3 cm³/mol. The molecule has 5 nitrogen and oxygen atoms in total. The first kappa shape index (κ1) is 16.2. The number of hydrogen-bond acceptors (Lipinski definition) is 5. The molecule has 0 amide bonds. The van der Waals surface area contributed by atoms with Gasteiger partial charge in [-0.25, -0.2) is 0 Å². The van der Waals surface area contributed by atoms with Crippen LogP contribution in [0.2, 0.25) is 0 Å². The van der Waals surface area contributed by atoms with E-state index in [2.05, 4.69) is 0 Å². The van der Waals surface area contributed by atoms with E-state index >= 15 is 0 Å². The van der Waals surface area contributed by atoms with Crippen molar-refractivity contribution in [1.82, 2.24) is 0 Å². The molecular weight excluding hydrogens is 260 g/mol. The number of hydrogen-bond donors (Lipinski definition) is 1. The summed E-state index contributed by atoms with van der Waals surface area (Å²) in [6, 6.07) is 6.74. The molecule has 0 aliphatic heterocycles. The highest BCUT2D eigenvalue weighted by molar-refractivity contribution is 6.03. The Morgan fingerprint density at radius 2 is 1.80 bits per heavy atom. The van der Waals surface area contributed by atoms with Gasteiger partial charge in [-0.2, -0.15) is 0 Å². The van der Waals surface area contributed by atoms with Gasteiger partial charge in [-0.05, 0) is 38.5 Å². The van der Waals surface area contributed by atoms with Gasteiger partial charge in [0.1, 0.15) is 17.8 Å². The maximum absolute atomic E-state index is 12.0. The molecule has 1 aromatic rings. The Kier molecular flexibility index (Phi) is 5.70. The Balaban J connectivity index is 2.59. The smallest absolute Gasteiger partial charge is 0.319 e. The van der Waals surface area contributed by atoms with Gasteiger partial charge < -0.3 is 14.6 Å². The first-order valence-electron chi connectivity index (χ1n) is 6.45. The van der Waals surface area contributed by atoms with Crippen LogP contribution >= 0.6 is 0 Å². The molecule has 20 heavy (non-hydrogen) atoms. The normalized spacial score (nSPS) is 11.0. The molecule has 1 aromatic carbocycles. The summed E-state index contributed by atoms with van der Waals surface area (Å²) < 4.78 is 10.2. The SMILES string of the molecule is CCOC(=O)C(C)(C)C(=O)COc1ccc(CO)cc1. The van der Waals surface area contributed by atoms with Crippen molar-refractivity contribution in [3.05, 3.63) is 29.8 Å². The van der Waals surface area contributed by atoms with Crippen LogP contribution in [-0.2, 0) is 20.9 Å². The Labute approximate surface area is 118 Å². The van der Waals surface area contributed by atoms with E-state index in [0.717, 1.165) is 5.56 Å². The molecule has 0 atom stereocenters. The van der Waals surface area contributed by atoms with Gasteiger partial charge >= 0.3 is 5.97 Å². The second kappa shape index (κ2) is 7.05. The monoisotopic (exact) mass is 280 g/mol. The van der Waals surface area contributed by atoms with Crippen LogP contribution in [0.1, 0.15) is 26.3 Å². The molecule has 0 aliphatic rings. The van der Waals surface area contributed by atoms with E-state index in [1.54, 1.807) is 31.2 Å². The number of ketones is 1. The number of rotatable bonds is 7. The predicted octanol–water partition coefficient (Wildman–Crippen LogP) is 1.72. The van der Waals surface area contributed by atoms with Gasteiger partial charge in [0.15, 0.2) is 5.78 Å². The van der Waals surface area contributed by atoms with E-state index in [0.29, 0.717) is 5.75 Å². The molecular formula is C15H20O5. The summed E-state index contributed by atoms with van der Waals surface area (Å²) in [6.45, 7) is 4.72. The third-order valence-electron chi connectivity index (χ3n) is 2.96. The fourth-order valence-electron chi connectivity index (χ4n) is 1.45. The third kappa shape index (κ3) is 4.06. The lowest BCUT2D eigenvalue weighted by atomic mass is 9.88. The van der Waals surface area contributed by atoms with Gasteiger partial charge in [-0.15, -0.1) is 0 Å². The molecule has 0 aliphatic carbocycles. The molecule has 0 saturated heterocycles. The first-order valence-corrected chi connectivity index (χ1v) is 6.45. The van der Waals surface area contributed by atoms with Crippen molar-refractivity contribution in [2.45, 2.75) is 27.4 Å². The van der Waals surface area contributed by atoms with Crippen molar-refractivity contribution in [1.29, 1.82) is 0 Å². The molecule has 0 unspecified atom stereocenters. The molecule has 0 saturated carbocycles. The summed E-state index contributed by atoms with van der Waals surface area (Å²) >= 11 is 0. The highest BCUT2D eigenvalue weighted by atomic mass is 16.5. The Morgan fingerprint density at radius 3 is 2.30 bits per heavy atom. The van der Waals surface area contributed by atoms with Gasteiger partial charge in [-0.1, -0.05) is 12.1 Å². The summed E-state index contributed by atoms with van der Waals surface area (Å²) in [6.07, 6.45) is 0. The number of ether oxygens (including phenoxy) is 2. The molecule has 110 valence electrons. The van der Waals surface area contributed by atoms with E-state index in [-0.39, 0.29) is 25.6 Å². The van der Waals surface area contributed by atoms with E-state index in [9.17, 15) is 9.59 Å². The molecule has 1 rings (SSSR count). The van der Waals surface area contributed by atoms with Crippen LogP contribution in [0.25, 0.3) is 0 Å². The number of carbonyl (C=O) groups is 2. The minimum Gasteiger partial charge on any atom is -0.486 e. The molecule has 5 heteroatoms. The molecule has 0 bridgehead atoms. The van der Waals surface area contributed by atoms with Crippen LogP contribution in [0.3, 0.4) is 0 Å². The number of esters is 1. The number of benzene rings is 1. The number of aliphatic hydroxyl groups is 1. The van der Waals surface area contributed by atoms with Gasteiger partial charge in [0.05, 0.1) is 13.2 Å². The molecule has 0 spiro atoms. The first-order chi connectivity index (χ1) is 9.41. The van der Waals surface area contributed by atoms with Crippen molar-refractivity contribution in [2.75, 3.05) is 13.2 Å². The van der Waals surface area contributed by atoms with E-state index in [1.807, 2.05) is 0 Å². The van der Waals surface area contributed by atoms with E-state index < -0.39 is 11.4 Å². The molecule has 1 N–H and O–H groups in total. The second-order valence-corrected chi connectivity index (χ2v) is 4.86. The summed E-state index contributed by atoms with van der Waals surface area (Å²) in [5.74, 6) is -0.387. The minimum atomic E-state index is -1.22. The molecule has 0 radical (unpaired) electrons. The van der Waals surface area contributed by atoms with Crippen molar-refractivity contribution in [3.63, 3.8) is 0 Å². The van der Waals surface area contributed by atoms with E-state index in [4.69, 9.17) is 14.6 Å². The fourth-order valence-corrected chi connectivity index (χ4v) is 1.45. The standard InChI is InChI=1S/C15H20O5/c1-4-19-14(18)15(2,3)13(17)10-20-12-7-5-11(9-16)6-8-12/h5-8,16H,4,9-10H2,1-3H3. The Hall–Kier alpha value is -1.88. The summed E-state index contributed by atoms with van der Waals surface area (Å²) in [4.78, 5) is 23.7. The van der Waals surface area contributed by atoms with Crippen molar-refractivity contribution in [3.8, 4) is 5.75 Å². The lowest BCUT2D eigenvalue weighted by molar-refractivity contribution is -0.158. The van der Waals surface area contributed by atoms with Crippen LogP contribution in [0.5, 0.6) is 5.75 Å². The van der Waals surface area contributed by atoms with Crippen LogP contribution in [0.4, 0.5) is 0 Å². The maximum Gasteiger partial charge on any atom is 0.319 e. The fraction of sp³-hybridized carbons (Fsp3) is 0.467. The zero-order valence-electron chi connectivity index (χ0n) is 12.0. The lowest BCUT2D eigenvalue weighted by Crippen LogP contribution is -2.38. The average Bonchev–Trinajstić information content (AvgIpc) is 2.45. The van der Waals surface area contributed by atoms with Crippen LogP contribution in [-0.4, -0.2) is 30.1 Å². The van der Waals surface area contributed by atoms with Crippen LogP contribution in [0.15, 0.2) is 24.3 Å². The number of Topliss-reactive ketones (excluding diaryl/α,β-unsaturated/α-hetero) is 1. The lowest BCUT2D eigenvalue weighted by Gasteiger charge is -2.20. The number of carbonyl (C=O) groups excluding carboxylic acids is 2. The Morgan fingerprint density at radius 1 is 1.20 bits per heavy atom. The summed E-state index contributed by atoms with van der Waals surface area (Å²) in [7, 11) is 0.